The van der Waals surface area contributed by atoms with E-state index in [-0.39, 0.29) is 16.5 Å². The molecule has 0 radical (unpaired) electrons. The lowest BCUT2D eigenvalue weighted by atomic mass is 9.83. The van der Waals surface area contributed by atoms with Crippen LogP contribution in [-0.2, 0) is 5.41 Å². The average Bonchev–Trinajstić information content (AvgIpc) is 2.67. The second kappa shape index (κ2) is 8.19. The van der Waals surface area contributed by atoms with Crippen molar-refractivity contribution in [2.24, 2.45) is 0 Å². The number of benzene rings is 2. The van der Waals surface area contributed by atoms with Crippen molar-refractivity contribution in [3.8, 4) is 16.9 Å². The Hall–Kier alpha value is -3.34. The van der Waals surface area contributed by atoms with Gasteiger partial charge in [-0.15, -0.1) is 0 Å². The predicted octanol–water partition coefficient (Wildman–Crippen LogP) is 5.55. The van der Waals surface area contributed by atoms with Crippen LogP contribution in [0.2, 0.25) is 0 Å². The van der Waals surface area contributed by atoms with Gasteiger partial charge in [-0.2, -0.15) is 0 Å². The normalized spacial score (nSPS) is 11.8. The molecule has 0 saturated carbocycles. The number of ether oxygens (including phenoxy) is 1. The van der Waals surface area contributed by atoms with Crippen molar-refractivity contribution in [2.75, 3.05) is 12.8 Å². The number of nitrogen functional groups attached to an aromatic ring is 1. The van der Waals surface area contributed by atoms with Gasteiger partial charge in [-0.05, 0) is 59.4 Å². The molecule has 0 aliphatic rings. The number of H-pyrrole nitrogens is 1. The fourth-order valence-electron chi connectivity index (χ4n) is 3.45. The molecule has 0 fully saturated rings. The summed E-state index contributed by atoms with van der Waals surface area (Å²) in [5.41, 5.74) is 10.7. The average molecular weight is 407 g/mol. The molecule has 1 aromatic heterocycles. The van der Waals surface area contributed by atoms with Crippen LogP contribution in [0.3, 0.4) is 0 Å². The summed E-state index contributed by atoms with van der Waals surface area (Å²) in [6.45, 7) is 8.21. The van der Waals surface area contributed by atoms with Crippen LogP contribution in [0.5, 0.6) is 5.75 Å². The van der Waals surface area contributed by atoms with Crippen LogP contribution in [-0.4, -0.2) is 12.1 Å². The van der Waals surface area contributed by atoms with E-state index in [4.69, 9.17) is 10.5 Å². The van der Waals surface area contributed by atoms with Crippen LogP contribution in [0.1, 0.15) is 43.0 Å². The fraction of sp³-hybridized carbons (Fsp3) is 0.240. The maximum Gasteiger partial charge on any atom is 0.256 e. The topological polar surface area (TPSA) is 68.1 Å². The number of halogens is 1. The highest BCUT2D eigenvalue weighted by Gasteiger charge is 2.23. The molecule has 0 aliphatic heterocycles. The van der Waals surface area contributed by atoms with Crippen LogP contribution >= 0.6 is 0 Å². The minimum absolute atomic E-state index is 0.249. The number of hydrogen-bond acceptors (Lipinski definition) is 3. The minimum Gasteiger partial charge on any atom is -0.496 e. The lowest BCUT2D eigenvalue weighted by Crippen LogP contribution is -2.15. The van der Waals surface area contributed by atoms with Gasteiger partial charge in [0.15, 0.2) is 0 Å². The van der Waals surface area contributed by atoms with Crippen LogP contribution in [0, 0.1) is 12.7 Å². The smallest absolute Gasteiger partial charge is 0.256 e. The van der Waals surface area contributed by atoms with Gasteiger partial charge < -0.3 is 15.5 Å². The Morgan fingerprint density at radius 2 is 1.77 bits per heavy atom. The van der Waals surface area contributed by atoms with Gasteiger partial charge in [-0.3, -0.25) is 4.79 Å². The second-order valence-corrected chi connectivity index (χ2v) is 8.41. The summed E-state index contributed by atoms with van der Waals surface area (Å²) >= 11 is 0. The fourth-order valence-corrected chi connectivity index (χ4v) is 3.45. The number of rotatable bonds is 4. The summed E-state index contributed by atoms with van der Waals surface area (Å²) in [5, 5.41) is 0. The lowest BCUT2D eigenvalue weighted by molar-refractivity contribution is 0.397. The molecule has 0 unspecified atom stereocenters. The zero-order valence-electron chi connectivity index (χ0n) is 18.0. The third-order valence-corrected chi connectivity index (χ3v) is 5.05. The molecule has 0 spiro atoms. The lowest BCUT2D eigenvalue weighted by Gasteiger charge is -2.24. The number of anilines is 1. The SMILES string of the molecule is COc1c(/C=C/c2ccc(N)cc2C)cc(-c2cc(F)c[nH]c2=O)cc1C(C)(C)C. The molecule has 1 heterocycles. The summed E-state index contributed by atoms with van der Waals surface area (Å²) in [6.07, 6.45) is 4.99. The van der Waals surface area contributed by atoms with Crippen molar-refractivity contribution in [3.05, 3.63) is 81.0 Å². The van der Waals surface area contributed by atoms with Gasteiger partial charge in [0.05, 0.1) is 7.11 Å². The molecule has 4 nitrogen and oxygen atoms in total. The van der Waals surface area contributed by atoms with Crippen LogP contribution in [0.15, 0.2) is 47.4 Å². The predicted molar refractivity (Wildman–Crippen MR) is 122 cm³/mol. The molecular formula is C25H27FN2O2. The van der Waals surface area contributed by atoms with Gasteiger partial charge in [0.1, 0.15) is 11.6 Å². The Bertz CT molecular complexity index is 1170. The molecule has 0 aliphatic carbocycles. The zero-order chi connectivity index (χ0) is 22.1. The van der Waals surface area contributed by atoms with E-state index in [0.29, 0.717) is 11.3 Å². The highest BCUT2D eigenvalue weighted by atomic mass is 19.1. The van der Waals surface area contributed by atoms with E-state index >= 15 is 0 Å². The van der Waals surface area contributed by atoms with Gasteiger partial charge in [-0.25, -0.2) is 4.39 Å². The summed E-state index contributed by atoms with van der Waals surface area (Å²) in [6, 6.07) is 10.7. The molecule has 2 aromatic carbocycles. The van der Waals surface area contributed by atoms with Crippen molar-refractivity contribution in [1.29, 1.82) is 0 Å². The van der Waals surface area contributed by atoms with Crippen molar-refractivity contribution in [3.63, 3.8) is 0 Å². The van der Waals surface area contributed by atoms with Crippen molar-refractivity contribution < 1.29 is 9.13 Å². The molecule has 5 heteroatoms. The Balaban J connectivity index is 2.23. The van der Waals surface area contributed by atoms with E-state index < -0.39 is 5.82 Å². The number of aryl methyl sites for hydroxylation is 1. The molecule has 3 rings (SSSR count). The molecule has 0 bridgehead atoms. The maximum atomic E-state index is 13.8. The van der Waals surface area contributed by atoms with Gasteiger partial charge in [0.2, 0.25) is 0 Å². The van der Waals surface area contributed by atoms with Gasteiger partial charge >= 0.3 is 0 Å². The Morgan fingerprint density at radius 1 is 1.07 bits per heavy atom. The monoisotopic (exact) mass is 406 g/mol. The Morgan fingerprint density at radius 3 is 2.40 bits per heavy atom. The maximum absolute atomic E-state index is 13.8. The molecule has 0 atom stereocenters. The van der Waals surface area contributed by atoms with E-state index in [1.807, 2.05) is 49.4 Å². The number of nitrogens with two attached hydrogens (primary N) is 1. The van der Waals surface area contributed by atoms with E-state index in [2.05, 4.69) is 25.8 Å². The Labute approximate surface area is 176 Å². The molecule has 30 heavy (non-hydrogen) atoms. The van der Waals surface area contributed by atoms with Gasteiger partial charge in [0.25, 0.3) is 5.56 Å². The first-order valence-electron chi connectivity index (χ1n) is 9.75. The summed E-state index contributed by atoms with van der Waals surface area (Å²) in [7, 11) is 1.63. The zero-order valence-corrected chi connectivity index (χ0v) is 18.0. The minimum atomic E-state index is -0.493. The second-order valence-electron chi connectivity index (χ2n) is 8.41. The van der Waals surface area contributed by atoms with Crippen molar-refractivity contribution >= 4 is 17.8 Å². The highest BCUT2D eigenvalue weighted by molar-refractivity contribution is 5.79. The van der Waals surface area contributed by atoms with Crippen LogP contribution < -0.4 is 16.0 Å². The quantitative estimate of drug-likeness (QED) is 0.441. The van der Waals surface area contributed by atoms with Gasteiger partial charge in [0, 0.05) is 28.6 Å². The van der Waals surface area contributed by atoms with Crippen LogP contribution in [0.25, 0.3) is 23.3 Å². The summed E-state index contributed by atoms with van der Waals surface area (Å²) in [4.78, 5) is 14.8. The summed E-state index contributed by atoms with van der Waals surface area (Å²) in [5.74, 6) is 0.232. The van der Waals surface area contributed by atoms with Gasteiger partial charge in [-0.1, -0.05) is 39.0 Å². The molecular weight excluding hydrogens is 379 g/mol. The van der Waals surface area contributed by atoms with E-state index in [1.54, 1.807) is 7.11 Å². The van der Waals surface area contributed by atoms with Crippen molar-refractivity contribution in [2.45, 2.75) is 33.1 Å². The third-order valence-electron chi connectivity index (χ3n) is 5.05. The first-order chi connectivity index (χ1) is 14.1. The standard InChI is InChI=1S/C25H27FN2O2/c1-15-10-20(27)9-8-16(15)6-7-17-11-18(21-13-19(26)14-28-24(21)29)12-22(23(17)30-5)25(2,3)4/h6-14H,27H2,1-5H3,(H,28,29)/b7-6+. The molecule has 3 aromatic rings. The number of aromatic amines is 1. The number of hydrogen-bond donors (Lipinski definition) is 2. The van der Waals surface area contributed by atoms with Crippen molar-refractivity contribution in [1.82, 2.24) is 4.98 Å². The number of methoxy groups -OCH3 is 1. The highest BCUT2D eigenvalue weighted by Crippen LogP contribution is 2.38. The largest absolute Gasteiger partial charge is 0.496 e. The number of pyridine rings is 1. The third kappa shape index (κ3) is 4.46. The molecule has 156 valence electrons. The van der Waals surface area contributed by atoms with Crippen LogP contribution in [0.4, 0.5) is 10.1 Å². The molecule has 0 amide bonds. The Kier molecular flexibility index (Phi) is 5.83. The number of nitrogens with one attached hydrogen (secondary N) is 1. The van der Waals surface area contributed by atoms with E-state index in [0.717, 1.165) is 34.2 Å². The molecule has 0 saturated heterocycles. The first-order valence-corrected chi connectivity index (χ1v) is 9.75. The molecule has 3 N–H and O–H groups in total. The first kappa shape index (κ1) is 21.4. The van der Waals surface area contributed by atoms with E-state index in [9.17, 15) is 9.18 Å². The number of aromatic nitrogens is 1. The summed E-state index contributed by atoms with van der Waals surface area (Å²) < 4.78 is 19.6. The van der Waals surface area contributed by atoms with E-state index in [1.165, 1.54) is 6.07 Å².